The zero-order valence-electron chi connectivity index (χ0n) is 21.8. The molecule has 2 heterocycles. The van der Waals surface area contributed by atoms with Gasteiger partial charge in [-0.05, 0) is 41.5 Å². The third kappa shape index (κ3) is 3.69. The van der Waals surface area contributed by atoms with Crippen molar-refractivity contribution in [1.29, 1.82) is 10.5 Å². The number of hydrogen-bond donors (Lipinski definition) is 0. The zero-order valence-corrected chi connectivity index (χ0v) is 21.8. The highest BCUT2D eigenvalue weighted by Crippen LogP contribution is 2.56. The SMILES string of the molecule is CCOC(=O)c1cccc(C(=O)[C@H]2[C@@H](c3ccccc3)C(C#N)(C#N)[C@H]3C=Cc4c(ccc5ccccc45)N23)c1. The maximum Gasteiger partial charge on any atom is 0.338 e. The fraction of sp³-hybridized carbons (Fsp3) is 0.176. The van der Waals surface area contributed by atoms with E-state index in [9.17, 15) is 20.1 Å². The smallest absolute Gasteiger partial charge is 0.338 e. The van der Waals surface area contributed by atoms with Gasteiger partial charge in [-0.2, -0.15) is 10.5 Å². The Hall–Kier alpha value is -5.20. The molecule has 2 aliphatic heterocycles. The first-order valence-electron chi connectivity index (χ1n) is 13.2. The van der Waals surface area contributed by atoms with Crippen LogP contribution >= 0.6 is 0 Å². The lowest BCUT2D eigenvalue weighted by Crippen LogP contribution is -2.44. The molecule has 6 nitrogen and oxygen atoms in total. The Balaban J connectivity index is 1.59. The van der Waals surface area contributed by atoms with Crippen LogP contribution in [0.3, 0.4) is 0 Å². The molecule has 2 aliphatic rings. The first-order chi connectivity index (χ1) is 19.5. The first-order valence-corrected chi connectivity index (χ1v) is 13.2. The number of nitriles is 2. The summed E-state index contributed by atoms with van der Waals surface area (Å²) in [7, 11) is 0. The van der Waals surface area contributed by atoms with Crippen LogP contribution in [0, 0.1) is 28.1 Å². The Kier molecular flexibility index (Phi) is 6.17. The predicted molar refractivity (Wildman–Crippen MR) is 153 cm³/mol. The van der Waals surface area contributed by atoms with E-state index >= 15 is 0 Å². The van der Waals surface area contributed by atoms with Crippen LogP contribution in [-0.4, -0.2) is 30.4 Å². The topological polar surface area (TPSA) is 94.2 Å². The second-order valence-corrected chi connectivity index (χ2v) is 10.0. The quantitative estimate of drug-likeness (QED) is 0.225. The molecule has 6 heteroatoms. The predicted octanol–water partition coefficient (Wildman–Crippen LogP) is 6.30. The van der Waals surface area contributed by atoms with Crippen molar-refractivity contribution in [2.45, 2.75) is 24.9 Å². The summed E-state index contributed by atoms with van der Waals surface area (Å²) in [6, 6.07) is 30.9. The van der Waals surface area contributed by atoms with Gasteiger partial charge in [0.15, 0.2) is 11.2 Å². The van der Waals surface area contributed by atoms with E-state index in [4.69, 9.17) is 4.74 Å². The van der Waals surface area contributed by atoms with Gasteiger partial charge in [0.25, 0.3) is 0 Å². The van der Waals surface area contributed by atoms with Gasteiger partial charge < -0.3 is 9.64 Å². The Morgan fingerprint density at radius 3 is 2.38 bits per heavy atom. The van der Waals surface area contributed by atoms with Crippen molar-refractivity contribution in [2.75, 3.05) is 11.5 Å². The van der Waals surface area contributed by atoms with Crippen molar-refractivity contribution in [3.05, 3.63) is 119 Å². The monoisotopic (exact) mass is 523 g/mol. The standard InChI is InChI=1S/C34H25N3O3/c1-2-40-33(39)25-13-8-12-24(19-25)32(38)31-30(23-10-4-3-5-11-23)34(20-35,21-36)29-18-16-27-26-14-7-6-9-22(26)15-17-28(27)37(29)31/h3-19,29-31H,2H2,1H3/t29-,30-,31-/m1/s1. The highest BCUT2D eigenvalue weighted by atomic mass is 16.5. The second kappa shape index (κ2) is 9.84. The van der Waals surface area contributed by atoms with Gasteiger partial charge in [0, 0.05) is 22.7 Å². The molecule has 4 aromatic rings. The van der Waals surface area contributed by atoms with E-state index in [1.165, 1.54) is 6.07 Å². The molecule has 0 N–H and O–H groups in total. The van der Waals surface area contributed by atoms with Gasteiger partial charge in [0.2, 0.25) is 0 Å². The number of ketones is 1. The molecule has 0 unspecified atom stereocenters. The minimum Gasteiger partial charge on any atom is -0.462 e. The molecule has 3 atom stereocenters. The van der Waals surface area contributed by atoms with Gasteiger partial charge in [0.1, 0.15) is 6.04 Å². The number of benzene rings is 4. The maximum absolute atomic E-state index is 14.6. The summed E-state index contributed by atoms with van der Waals surface area (Å²) in [4.78, 5) is 29.0. The average molecular weight is 524 g/mol. The molecule has 0 aromatic heterocycles. The highest BCUT2D eigenvalue weighted by Gasteiger charge is 2.63. The van der Waals surface area contributed by atoms with Crippen LogP contribution < -0.4 is 4.90 Å². The number of rotatable bonds is 5. The highest BCUT2D eigenvalue weighted by molar-refractivity contribution is 6.07. The van der Waals surface area contributed by atoms with Gasteiger partial charge in [-0.15, -0.1) is 0 Å². The molecular formula is C34H25N3O3. The van der Waals surface area contributed by atoms with Crippen LogP contribution in [0.15, 0.2) is 97.1 Å². The molecule has 0 aliphatic carbocycles. The van der Waals surface area contributed by atoms with Crippen LogP contribution in [0.1, 0.15) is 44.7 Å². The van der Waals surface area contributed by atoms with E-state index in [-0.39, 0.29) is 18.0 Å². The molecule has 0 radical (unpaired) electrons. The van der Waals surface area contributed by atoms with Crippen LogP contribution in [0.5, 0.6) is 0 Å². The lowest BCUT2D eigenvalue weighted by Gasteiger charge is -2.36. The van der Waals surface area contributed by atoms with Crippen molar-refractivity contribution in [1.82, 2.24) is 0 Å². The van der Waals surface area contributed by atoms with Gasteiger partial charge in [-0.1, -0.05) is 84.9 Å². The van der Waals surface area contributed by atoms with Gasteiger partial charge in [-0.3, -0.25) is 4.79 Å². The Morgan fingerprint density at radius 2 is 1.62 bits per heavy atom. The molecule has 0 spiro atoms. The summed E-state index contributed by atoms with van der Waals surface area (Å²) < 4.78 is 5.16. The molecule has 0 bridgehead atoms. The van der Waals surface area contributed by atoms with Crippen molar-refractivity contribution in [3.63, 3.8) is 0 Å². The third-order valence-corrected chi connectivity index (χ3v) is 8.00. The van der Waals surface area contributed by atoms with Crippen molar-refractivity contribution in [3.8, 4) is 12.1 Å². The summed E-state index contributed by atoms with van der Waals surface area (Å²) >= 11 is 0. The van der Waals surface area contributed by atoms with E-state index in [0.29, 0.717) is 5.56 Å². The number of hydrogen-bond acceptors (Lipinski definition) is 6. The van der Waals surface area contributed by atoms with Gasteiger partial charge >= 0.3 is 5.97 Å². The number of Topliss-reactive ketones (excluding diaryl/α,β-unsaturated/α-hetero) is 1. The third-order valence-electron chi connectivity index (χ3n) is 8.00. The van der Waals surface area contributed by atoms with Crippen molar-refractivity contribution < 1.29 is 14.3 Å². The van der Waals surface area contributed by atoms with E-state index in [1.54, 1.807) is 25.1 Å². The fourth-order valence-corrected chi connectivity index (χ4v) is 6.27. The normalized spacial score (nSPS) is 20.2. The summed E-state index contributed by atoms with van der Waals surface area (Å²) in [5.74, 6) is -1.54. The number of fused-ring (bicyclic) bond motifs is 5. The maximum atomic E-state index is 14.6. The molecule has 1 fully saturated rings. The largest absolute Gasteiger partial charge is 0.462 e. The number of nitrogens with zero attached hydrogens (tertiary/aromatic N) is 3. The summed E-state index contributed by atoms with van der Waals surface area (Å²) in [5, 5.41) is 23.4. The number of anilines is 1. The second-order valence-electron chi connectivity index (χ2n) is 10.0. The van der Waals surface area contributed by atoms with Crippen molar-refractivity contribution >= 4 is 34.3 Å². The lowest BCUT2D eigenvalue weighted by atomic mass is 9.69. The minimum absolute atomic E-state index is 0.217. The lowest BCUT2D eigenvalue weighted by molar-refractivity contribution is 0.0526. The van der Waals surface area contributed by atoms with E-state index in [2.05, 4.69) is 12.1 Å². The fourth-order valence-electron chi connectivity index (χ4n) is 6.27. The van der Waals surface area contributed by atoms with E-state index in [0.717, 1.165) is 27.6 Å². The number of carbonyl (C=O) groups excluding carboxylic acids is 2. The van der Waals surface area contributed by atoms with E-state index in [1.807, 2.05) is 83.8 Å². The van der Waals surface area contributed by atoms with Crippen LogP contribution in [-0.2, 0) is 4.74 Å². The molecule has 6 rings (SSSR count). The molecule has 0 saturated carbocycles. The van der Waals surface area contributed by atoms with Crippen LogP contribution in [0.4, 0.5) is 5.69 Å². The summed E-state index contributed by atoms with van der Waals surface area (Å²) in [6.07, 6.45) is 3.86. The number of esters is 1. The van der Waals surface area contributed by atoms with Gasteiger partial charge in [0.05, 0.1) is 30.4 Å². The molecule has 194 valence electrons. The Labute approximate surface area is 232 Å². The Bertz CT molecular complexity index is 1750. The van der Waals surface area contributed by atoms with Crippen molar-refractivity contribution in [2.24, 2.45) is 5.41 Å². The number of ether oxygens (including phenoxy) is 1. The molecular weight excluding hydrogens is 498 g/mol. The van der Waals surface area contributed by atoms with Crippen LogP contribution in [0.25, 0.3) is 16.8 Å². The molecule has 1 saturated heterocycles. The molecule has 40 heavy (non-hydrogen) atoms. The zero-order chi connectivity index (χ0) is 27.9. The minimum atomic E-state index is -1.54. The molecule has 0 amide bonds. The first kappa shape index (κ1) is 25.1. The van der Waals surface area contributed by atoms with E-state index < -0.39 is 29.4 Å². The Morgan fingerprint density at radius 1 is 0.900 bits per heavy atom. The molecule has 4 aromatic carbocycles. The van der Waals surface area contributed by atoms with Gasteiger partial charge in [-0.25, -0.2) is 4.79 Å². The summed E-state index contributed by atoms with van der Waals surface area (Å²) in [6.45, 7) is 1.94. The average Bonchev–Trinajstić information content (AvgIpc) is 3.32. The van der Waals surface area contributed by atoms with Crippen LogP contribution in [0.2, 0.25) is 0 Å². The number of carbonyl (C=O) groups is 2. The summed E-state index contributed by atoms with van der Waals surface area (Å²) in [5.41, 5.74) is 1.51.